The van der Waals surface area contributed by atoms with Gasteiger partial charge in [0, 0.05) is 30.1 Å². The molecule has 3 atom stereocenters. The minimum atomic E-state index is 0.0188. The van der Waals surface area contributed by atoms with Gasteiger partial charge in [0.15, 0.2) is 5.76 Å². The molecule has 4 heteroatoms. The highest BCUT2D eigenvalue weighted by Crippen LogP contribution is 2.38. The standard InChI is InChI=1S/C17H20N2O2/c1-10-12-4-2-3-5-15(12)21-16(10)17(20)19-8-11-6-7-14(18)13(11)9-19/h2-5,11,13-14H,6-9,18H2,1H3. The second-order valence-electron chi connectivity index (χ2n) is 6.43. The van der Waals surface area contributed by atoms with Gasteiger partial charge < -0.3 is 15.1 Å². The number of nitrogens with two attached hydrogens (primary N) is 1. The topological polar surface area (TPSA) is 59.5 Å². The van der Waals surface area contributed by atoms with E-state index in [1.54, 1.807) is 0 Å². The number of para-hydroxylation sites is 1. The van der Waals surface area contributed by atoms with Crippen molar-refractivity contribution in [3.8, 4) is 0 Å². The number of amides is 1. The second-order valence-corrected chi connectivity index (χ2v) is 6.43. The molecule has 4 nitrogen and oxygen atoms in total. The van der Waals surface area contributed by atoms with Crippen LogP contribution in [0.2, 0.25) is 0 Å². The molecule has 2 N–H and O–H groups in total. The maximum absolute atomic E-state index is 12.8. The Morgan fingerprint density at radius 3 is 2.86 bits per heavy atom. The smallest absolute Gasteiger partial charge is 0.289 e. The molecule has 1 aliphatic carbocycles. The van der Waals surface area contributed by atoms with E-state index in [0.29, 0.717) is 17.6 Å². The molecular weight excluding hydrogens is 264 g/mol. The van der Waals surface area contributed by atoms with E-state index in [9.17, 15) is 4.79 Å². The van der Waals surface area contributed by atoms with Gasteiger partial charge in [-0.15, -0.1) is 0 Å². The summed E-state index contributed by atoms with van der Waals surface area (Å²) in [7, 11) is 0. The van der Waals surface area contributed by atoms with E-state index in [1.807, 2.05) is 36.1 Å². The normalized spacial score (nSPS) is 28.3. The molecule has 1 amide bonds. The second kappa shape index (κ2) is 4.60. The molecule has 110 valence electrons. The molecular formula is C17H20N2O2. The van der Waals surface area contributed by atoms with Gasteiger partial charge in [0.25, 0.3) is 5.91 Å². The Morgan fingerprint density at radius 1 is 1.29 bits per heavy atom. The number of carbonyl (C=O) groups is 1. The van der Waals surface area contributed by atoms with Crippen molar-refractivity contribution in [2.45, 2.75) is 25.8 Å². The summed E-state index contributed by atoms with van der Waals surface area (Å²) in [5, 5.41) is 1.02. The molecule has 1 saturated carbocycles. The minimum Gasteiger partial charge on any atom is -0.451 e. The van der Waals surface area contributed by atoms with E-state index >= 15 is 0 Å². The van der Waals surface area contributed by atoms with E-state index < -0.39 is 0 Å². The summed E-state index contributed by atoms with van der Waals surface area (Å²) in [6, 6.07) is 8.06. The van der Waals surface area contributed by atoms with Crippen molar-refractivity contribution in [3.63, 3.8) is 0 Å². The number of benzene rings is 1. The summed E-state index contributed by atoms with van der Waals surface area (Å²) in [4.78, 5) is 14.7. The average Bonchev–Trinajstić information content (AvgIpc) is 3.15. The predicted octanol–water partition coefficient (Wildman–Crippen LogP) is 2.55. The van der Waals surface area contributed by atoms with Crippen LogP contribution < -0.4 is 5.73 Å². The van der Waals surface area contributed by atoms with Crippen LogP contribution in [-0.4, -0.2) is 29.9 Å². The van der Waals surface area contributed by atoms with Gasteiger partial charge in [-0.1, -0.05) is 18.2 Å². The number of fused-ring (bicyclic) bond motifs is 2. The lowest BCUT2D eigenvalue weighted by Crippen LogP contribution is -2.33. The van der Waals surface area contributed by atoms with E-state index in [2.05, 4.69) is 0 Å². The van der Waals surface area contributed by atoms with Gasteiger partial charge in [-0.05, 0) is 37.7 Å². The summed E-state index contributed by atoms with van der Waals surface area (Å²) in [6.07, 6.45) is 2.25. The summed E-state index contributed by atoms with van der Waals surface area (Å²) in [5.41, 5.74) is 7.88. The van der Waals surface area contributed by atoms with Crippen LogP contribution in [0.1, 0.15) is 29.0 Å². The zero-order valence-corrected chi connectivity index (χ0v) is 12.2. The number of nitrogens with zero attached hydrogens (tertiary/aromatic N) is 1. The monoisotopic (exact) mass is 284 g/mol. The molecule has 0 radical (unpaired) electrons. The first kappa shape index (κ1) is 12.9. The zero-order chi connectivity index (χ0) is 14.6. The van der Waals surface area contributed by atoms with Crippen LogP contribution in [0.15, 0.2) is 28.7 Å². The van der Waals surface area contributed by atoms with Gasteiger partial charge in [-0.3, -0.25) is 4.79 Å². The lowest BCUT2D eigenvalue weighted by molar-refractivity contribution is 0.0749. The first-order valence-corrected chi connectivity index (χ1v) is 7.68. The van der Waals surface area contributed by atoms with Crippen molar-refractivity contribution < 1.29 is 9.21 Å². The quantitative estimate of drug-likeness (QED) is 0.875. The highest BCUT2D eigenvalue weighted by atomic mass is 16.3. The molecule has 0 bridgehead atoms. The molecule has 2 fully saturated rings. The lowest BCUT2D eigenvalue weighted by atomic mass is 9.98. The first-order valence-electron chi connectivity index (χ1n) is 7.68. The molecule has 1 aromatic carbocycles. The Balaban J connectivity index is 1.64. The van der Waals surface area contributed by atoms with Crippen LogP contribution in [0.25, 0.3) is 11.0 Å². The Hall–Kier alpha value is -1.81. The van der Waals surface area contributed by atoms with Crippen molar-refractivity contribution in [1.82, 2.24) is 4.90 Å². The Morgan fingerprint density at radius 2 is 2.10 bits per heavy atom. The average molecular weight is 284 g/mol. The number of rotatable bonds is 1. The summed E-state index contributed by atoms with van der Waals surface area (Å²) in [5.74, 6) is 1.56. The van der Waals surface area contributed by atoms with Crippen molar-refractivity contribution in [1.29, 1.82) is 0 Å². The van der Waals surface area contributed by atoms with Crippen LogP contribution in [0.5, 0.6) is 0 Å². The molecule has 3 unspecified atom stereocenters. The Kier molecular flexibility index (Phi) is 2.82. The molecule has 2 heterocycles. The van der Waals surface area contributed by atoms with Gasteiger partial charge in [0.2, 0.25) is 0 Å². The van der Waals surface area contributed by atoms with Gasteiger partial charge in [0.05, 0.1) is 0 Å². The highest BCUT2D eigenvalue weighted by molar-refractivity contribution is 5.99. The highest BCUT2D eigenvalue weighted by Gasteiger charge is 2.43. The molecule has 4 rings (SSSR count). The maximum Gasteiger partial charge on any atom is 0.289 e. The van der Waals surface area contributed by atoms with Crippen LogP contribution in [0.4, 0.5) is 0 Å². The Labute approximate surface area is 123 Å². The fourth-order valence-corrected chi connectivity index (χ4v) is 4.00. The third-order valence-corrected chi connectivity index (χ3v) is 5.24. The number of hydrogen-bond acceptors (Lipinski definition) is 3. The number of aryl methyl sites for hydroxylation is 1. The molecule has 1 aromatic heterocycles. The van der Waals surface area contributed by atoms with Crippen LogP contribution >= 0.6 is 0 Å². The number of carbonyl (C=O) groups excluding carboxylic acids is 1. The first-order chi connectivity index (χ1) is 10.1. The Bertz CT molecular complexity index is 706. The minimum absolute atomic E-state index is 0.0188. The molecule has 0 spiro atoms. The number of furan rings is 1. The van der Waals surface area contributed by atoms with Crippen molar-refractivity contribution in [2.75, 3.05) is 13.1 Å². The van der Waals surface area contributed by atoms with E-state index in [-0.39, 0.29) is 11.9 Å². The summed E-state index contributed by atoms with van der Waals surface area (Å²) >= 11 is 0. The lowest BCUT2D eigenvalue weighted by Gasteiger charge is -2.17. The van der Waals surface area contributed by atoms with E-state index in [4.69, 9.17) is 10.2 Å². The van der Waals surface area contributed by atoms with Gasteiger partial charge in [-0.25, -0.2) is 0 Å². The predicted molar refractivity (Wildman–Crippen MR) is 81.0 cm³/mol. The SMILES string of the molecule is Cc1c(C(=O)N2CC3CCC(N)C3C2)oc2ccccc12. The van der Waals surface area contributed by atoms with E-state index in [0.717, 1.165) is 42.5 Å². The van der Waals surface area contributed by atoms with E-state index in [1.165, 1.54) is 0 Å². The fourth-order valence-electron chi connectivity index (χ4n) is 4.00. The number of hydrogen-bond donors (Lipinski definition) is 1. The summed E-state index contributed by atoms with van der Waals surface area (Å²) in [6.45, 7) is 3.57. The van der Waals surface area contributed by atoms with Crippen molar-refractivity contribution in [2.24, 2.45) is 17.6 Å². The molecule has 1 saturated heterocycles. The summed E-state index contributed by atoms with van der Waals surface area (Å²) < 4.78 is 5.80. The fraction of sp³-hybridized carbons (Fsp3) is 0.471. The van der Waals surface area contributed by atoms with Gasteiger partial charge >= 0.3 is 0 Å². The largest absolute Gasteiger partial charge is 0.451 e. The zero-order valence-electron chi connectivity index (χ0n) is 12.2. The van der Waals surface area contributed by atoms with Gasteiger partial charge in [0.1, 0.15) is 5.58 Å². The van der Waals surface area contributed by atoms with Crippen molar-refractivity contribution >= 4 is 16.9 Å². The molecule has 2 aromatic rings. The maximum atomic E-state index is 12.8. The number of likely N-dealkylation sites (tertiary alicyclic amines) is 1. The van der Waals surface area contributed by atoms with Crippen LogP contribution in [0, 0.1) is 18.8 Å². The molecule has 1 aliphatic heterocycles. The van der Waals surface area contributed by atoms with Crippen LogP contribution in [0.3, 0.4) is 0 Å². The van der Waals surface area contributed by atoms with Crippen LogP contribution in [-0.2, 0) is 0 Å². The third-order valence-electron chi connectivity index (χ3n) is 5.24. The third kappa shape index (κ3) is 1.89. The molecule has 21 heavy (non-hydrogen) atoms. The molecule has 2 aliphatic rings. The van der Waals surface area contributed by atoms with Gasteiger partial charge in [-0.2, -0.15) is 0 Å². The van der Waals surface area contributed by atoms with Crippen molar-refractivity contribution in [3.05, 3.63) is 35.6 Å².